The number of carbonyl (C=O) groups excluding carboxylic acids is 1. The molecule has 0 bridgehead atoms. The standard InChI is InChI=1S/C14H19BrFNO2/c1-2-3-8-19-9-4-7-17-14(18)12-10-11(15)5-6-13(12)16/h5-6,10H,2-4,7-9H2,1H3,(H,17,18). The van der Waals surface area contributed by atoms with Crippen molar-refractivity contribution in [3.05, 3.63) is 34.1 Å². The number of benzene rings is 1. The first-order valence-corrected chi connectivity index (χ1v) is 7.25. The van der Waals surface area contributed by atoms with Crippen LogP contribution in [0.2, 0.25) is 0 Å². The zero-order valence-corrected chi connectivity index (χ0v) is 12.6. The molecule has 1 amide bonds. The molecule has 0 unspecified atom stereocenters. The van der Waals surface area contributed by atoms with Gasteiger partial charge in [-0.15, -0.1) is 0 Å². The van der Waals surface area contributed by atoms with E-state index < -0.39 is 11.7 Å². The smallest absolute Gasteiger partial charge is 0.254 e. The zero-order chi connectivity index (χ0) is 14.1. The second-order valence-corrected chi connectivity index (χ2v) is 5.12. The zero-order valence-electron chi connectivity index (χ0n) is 11.0. The van der Waals surface area contributed by atoms with Crippen molar-refractivity contribution in [3.63, 3.8) is 0 Å². The van der Waals surface area contributed by atoms with Gasteiger partial charge < -0.3 is 10.1 Å². The van der Waals surface area contributed by atoms with Gasteiger partial charge in [-0.05, 0) is 31.0 Å². The van der Waals surface area contributed by atoms with E-state index >= 15 is 0 Å². The second-order valence-electron chi connectivity index (χ2n) is 4.20. The third-order valence-corrected chi connectivity index (χ3v) is 3.06. The van der Waals surface area contributed by atoms with Crippen LogP contribution in [0.5, 0.6) is 0 Å². The van der Waals surface area contributed by atoms with Gasteiger partial charge in [0.1, 0.15) is 5.82 Å². The first kappa shape index (κ1) is 16.1. The first-order chi connectivity index (χ1) is 9.15. The lowest BCUT2D eigenvalue weighted by Gasteiger charge is -2.07. The molecule has 0 aliphatic rings. The van der Waals surface area contributed by atoms with Crippen LogP contribution in [0.15, 0.2) is 22.7 Å². The van der Waals surface area contributed by atoms with Crippen LogP contribution in [0.3, 0.4) is 0 Å². The largest absolute Gasteiger partial charge is 0.381 e. The van der Waals surface area contributed by atoms with Gasteiger partial charge in [-0.3, -0.25) is 4.79 Å². The SMILES string of the molecule is CCCCOCCCNC(=O)c1cc(Br)ccc1F. The highest BCUT2D eigenvalue weighted by molar-refractivity contribution is 9.10. The summed E-state index contributed by atoms with van der Waals surface area (Å²) in [6.07, 6.45) is 2.89. The van der Waals surface area contributed by atoms with E-state index in [1.165, 1.54) is 12.1 Å². The average molecular weight is 332 g/mol. The number of halogens is 2. The highest BCUT2D eigenvalue weighted by Crippen LogP contribution is 2.15. The highest BCUT2D eigenvalue weighted by Gasteiger charge is 2.11. The van der Waals surface area contributed by atoms with Gasteiger partial charge in [0.05, 0.1) is 5.56 Å². The summed E-state index contributed by atoms with van der Waals surface area (Å²) in [4.78, 5) is 11.7. The van der Waals surface area contributed by atoms with Gasteiger partial charge in [0.25, 0.3) is 5.91 Å². The lowest BCUT2D eigenvalue weighted by atomic mass is 10.2. The molecule has 1 N–H and O–H groups in total. The summed E-state index contributed by atoms with van der Waals surface area (Å²) in [7, 11) is 0. The Hall–Kier alpha value is -0.940. The van der Waals surface area contributed by atoms with Gasteiger partial charge in [-0.2, -0.15) is 0 Å². The molecule has 0 aliphatic heterocycles. The van der Waals surface area contributed by atoms with Crippen molar-refractivity contribution in [1.82, 2.24) is 5.32 Å². The Kier molecular flexibility index (Phi) is 7.67. The molecule has 0 aromatic heterocycles. The van der Waals surface area contributed by atoms with Crippen LogP contribution in [0.4, 0.5) is 4.39 Å². The predicted octanol–water partition coefficient (Wildman–Crippen LogP) is 3.52. The van der Waals surface area contributed by atoms with Crippen LogP contribution in [-0.4, -0.2) is 25.7 Å². The average Bonchev–Trinajstić information content (AvgIpc) is 2.40. The molecule has 1 aromatic carbocycles. The summed E-state index contributed by atoms with van der Waals surface area (Å²) >= 11 is 3.22. The Morgan fingerprint density at radius 3 is 2.84 bits per heavy atom. The van der Waals surface area contributed by atoms with Crippen LogP contribution >= 0.6 is 15.9 Å². The number of carbonyl (C=O) groups is 1. The van der Waals surface area contributed by atoms with E-state index in [9.17, 15) is 9.18 Å². The maximum Gasteiger partial charge on any atom is 0.254 e. The van der Waals surface area contributed by atoms with Crippen LogP contribution in [0.1, 0.15) is 36.5 Å². The summed E-state index contributed by atoms with van der Waals surface area (Å²) in [6, 6.07) is 4.31. The van der Waals surface area contributed by atoms with Crippen molar-refractivity contribution in [2.24, 2.45) is 0 Å². The fourth-order valence-corrected chi connectivity index (χ4v) is 1.85. The maximum atomic E-state index is 13.4. The van der Waals surface area contributed by atoms with Crippen LogP contribution in [0.25, 0.3) is 0 Å². The summed E-state index contributed by atoms with van der Waals surface area (Å²) < 4.78 is 19.5. The molecule has 0 saturated heterocycles. The second kappa shape index (κ2) is 9.04. The Bertz CT molecular complexity index is 412. The monoisotopic (exact) mass is 331 g/mol. The third kappa shape index (κ3) is 6.16. The molecular formula is C14H19BrFNO2. The lowest BCUT2D eigenvalue weighted by Crippen LogP contribution is -2.26. The molecular weight excluding hydrogens is 313 g/mol. The molecule has 0 fully saturated rings. The van der Waals surface area contributed by atoms with E-state index in [1.54, 1.807) is 6.07 Å². The topological polar surface area (TPSA) is 38.3 Å². The van der Waals surface area contributed by atoms with Gasteiger partial charge in [0.15, 0.2) is 0 Å². The molecule has 0 saturated carbocycles. The minimum Gasteiger partial charge on any atom is -0.381 e. The van der Waals surface area contributed by atoms with Gasteiger partial charge in [0, 0.05) is 24.2 Å². The Morgan fingerprint density at radius 1 is 1.37 bits per heavy atom. The number of rotatable bonds is 8. The predicted molar refractivity (Wildman–Crippen MR) is 76.8 cm³/mol. The molecule has 0 atom stereocenters. The fraction of sp³-hybridized carbons (Fsp3) is 0.500. The van der Waals surface area contributed by atoms with Crippen molar-refractivity contribution in [2.45, 2.75) is 26.2 Å². The van der Waals surface area contributed by atoms with Crippen LogP contribution in [0, 0.1) is 5.82 Å². The minimum absolute atomic E-state index is 0.0567. The fourth-order valence-electron chi connectivity index (χ4n) is 1.49. The molecule has 0 aliphatic carbocycles. The number of amides is 1. The first-order valence-electron chi connectivity index (χ1n) is 6.46. The van der Waals surface area contributed by atoms with E-state index in [1.807, 2.05) is 0 Å². The molecule has 0 spiro atoms. The van der Waals surface area contributed by atoms with Crippen molar-refractivity contribution >= 4 is 21.8 Å². The number of hydrogen-bond donors (Lipinski definition) is 1. The molecule has 1 aromatic rings. The summed E-state index contributed by atoms with van der Waals surface area (Å²) in [6.45, 7) is 3.96. The Labute approximate surface area is 121 Å². The third-order valence-electron chi connectivity index (χ3n) is 2.57. The van der Waals surface area contributed by atoms with E-state index in [0.29, 0.717) is 17.6 Å². The van der Waals surface area contributed by atoms with Gasteiger partial charge in [-0.25, -0.2) is 4.39 Å². The highest BCUT2D eigenvalue weighted by atomic mass is 79.9. The van der Waals surface area contributed by atoms with E-state index in [-0.39, 0.29) is 5.56 Å². The van der Waals surface area contributed by atoms with Gasteiger partial charge >= 0.3 is 0 Å². The molecule has 0 heterocycles. The molecule has 19 heavy (non-hydrogen) atoms. The molecule has 3 nitrogen and oxygen atoms in total. The van der Waals surface area contributed by atoms with Crippen molar-refractivity contribution in [2.75, 3.05) is 19.8 Å². The number of nitrogens with one attached hydrogen (secondary N) is 1. The van der Waals surface area contributed by atoms with Gasteiger partial charge in [0.2, 0.25) is 0 Å². The molecule has 5 heteroatoms. The quantitative estimate of drug-likeness (QED) is 0.740. The molecule has 0 radical (unpaired) electrons. The van der Waals surface area contributed by atoms with Crippen molar-refractivity contribution in [3.8, 4) is 0 Å². The van der Waals surface area contributed by atoms with Crippen LogP contribution in [-0.2, 0) is 4.74 Å². The van der Waals surface area contributed by atoms with E-state index in [0.717, 1.165) is 25.9 Å². The van der Waals surface area contributed by atoms with E-state index in [4.69, 9.17) is 4.74 Å². The number of ether oxygens (including phenoxy) is 1. The van der Waals surface area contributed by atoms with Crippen molar-refractivity contribution < 1.29 is 13.9 Å². The minimum atomic E-state index is -0.514. The summed E-state index contributed by atoms with van der Waals surface area (Å²) in [5.74, 6) is -0.910. The summed E-state index contributed by atoms with van der Waals surface area (Å²) in [5, 5.41) is 2.68. The summed E-state index contributed by atoms with van der Waals surface area (Å²) in [5.41, 5.74) is 0.0567. The van der Waals surface area contributed by atoms with E-state index in [2.05, 4.69) is 28.2 Å². The normalized spacial score (nSPS) is 10.5. The lowest BCUT2D eigenvalue weighted by molar-refractivity contribution is 0.0936. The Morgan fingerprint density at radius 2 is 2.11 bits per heavy atom. The van der Waals surface area contributed by atoms with Gasteiger partial charge in [-0.1, -0.05) is 29.3 Å². The number of hydrogen-bond acceptors (Lipinski definition) is 2. The maximum absolute atomic E-state index is 13.4. The van der Waals surface area contributed by atoms with Crippen LogP contribution < -0.4 is 5.32 Å². The molecule has 1 rings (SSSR count). The molecule has 106 valence electrons. The number of unbranched alkanes of at least 4 members (excludes halogenated alkanes) is 1. The Balaban J connectivity index is 2.26. The van der Waals surface area contributed by atoms with Crippen molar-refractivity contribution in [1.29, 1.82) is 0 Å².